The molecule has 0 aromatic carbocycles. The minimum Gasteiger partial charge on any atom is -0.463 e. The fourth-order valence-electron chi connectivity index (χ4n) is 1.99. The fourth-order valence-corrected chi connectivity index (χ4v) is 1.99. The average molecular weight is 272 g/mol. The van der Waals surface area contributed by atoms with Crippen LogP contribution in [0.25, 0.3) is 11.5 Å². The Hall–Kier alpha value is -1.66. The molecule has 1 fully saturated rings. The van der Waals surface area contributed by atoms with E-state index in [1.165, 1.54) is 0 Å². The predicted octanol–water partition coefficient (Wildman–Crippen LogP) is 2.04. The maximum Gasteiger partial charge on any atom is 0.516 e. The molecular weight excluding hydrogens is 255 g/mol. The monoisotopic (exact) mass is 272 g/mol. The van der Waals surface area contributed by atoms with Crippen molar-refractivity contribution in [2.45, 2.75) is 38.9 Å². The fraction of sp³-hybridized carbons (Fsp3) is 0.429. The molecule has 0 bridgehead atoms. The zero-order valence-electron chi connectivity index (χ0n) is 12.1. The van der Waals surface area contributed by atoms with Gasteiger partial charge in [-0.1, -0.05) is 0 Å². The molecule has 0 amide bonds. The van der Waals surface area contributed by atoms with Gasteiger partial charge in [0.15, 0.2) is 5.76 Å². The van der Waals surface area contributed by atoms with Gasteiger partial charge in [-0.05, 0) is 52.0 Å². The van der Waals surface area contributed by atoms with Crippen LogP contribution in [-0.2, 0) is 9.31 Å². The van der Waals surface area contributed by atoms with E-state index in [1.54, 1.807) is 6.26 Å². The van der Waals surface area contributed by atoms with Crippen molar-refractivity contribution in [3.63, 3.8) is 0 Å². The van der Waals surface area contributed by atoms with Gasteiger partial charge in [0, 0.05) is 0 Å². The van der Waals surface area contributed by atoms with Crippen LogP contribution in [0.3, 0.4) is 0 Å². The number of nitrogens with zero attached hydrogens (tertiary/aromatic N) is 2. The van der Waals surface area contributed by atoms with E-state index in [2.05, 4.69) is 10.2 Å². The molecule has 3 rings (SSSR count). The summed E-state index contributed by atoms with van der Waals surface area (Å²) in [6, 6.07) is 7.37. The summed E-state index contributed by atoms with van der Waals surface area (Å²) >= 11 is 0. The maximum absolute atomic E-state index is 5.93. The third kappa shape index (κ3) is 2.15. The van der Waals surface area contributed by atoms with E-state index in [-0.39, 0.29) is 11.2 Å². The molecule has 3 heterocycles. The standard InChI is InChI=1S/C14H17BN2O3/c1-13(2)14(3,4)20-15(19-13)12-8-7-10(16-17-12)11-6-5-9-18-11/h5-9H,1-4H3. The largest absolute Gasteiger partial charge is 0.516 e. The first-order valence-electron chi connectivity index (χ1n) is 6.62. The van der Waals surface area contributed by atoms with Crippen molar-refractivity contribution in [1.82, 2.24) is 10.2 Å². The molecule has 5 nitrogen and oxygen atoms in total. The Morgan fingerprint density at radius 2 is 1.65 bits per heavy atom. The highest BCUT2D eigenvalue weighted by Crippen LogP contribution is 2.36. The molecule has 1 aliphatic heterocycles. The summed E-state index contributed by atoms with van der Waals surface area (Å²) in [6.45, 7) is 8.05. The summed E-state index contributed by atoms with van der Waals surface area (Å²) in [6.07, 6.45) is 1.61. The lowest BCUT2D eigenvalue weighted by molar-refractivity contribution is 0.00578. The van der Waals surface area contributed by atoms with Gasteiger partial charge in [-0.3, -0.25) is 0 Å². The number of furan rings is 1. The van der Waals surface area contributed by atoms with Gasteiger partial charge in [0.2, 0.25) is 0 Å². The van der Waals surface area contributed by atoms with E-state index in [9.17, 15) is 0 Å². The third-order valence-corrected chi connectivity index (χ3v) is 3.95. The zero-order valence-corrected chi connectivity index (χ0v) is 12.1. The molecule has 6 heteroatoms. The lowest BCUT2D eigenvalue weighted by Crippen LogP contribution is -2.41. The second-order valence-electron chi connectivity index (χ2n) is 5.91. The van der Waals surface area contributed by atoms with Gasteiger partial charge in [-0.15, -0.1) is 5.10 Å². The van der Waals surface area contributed by atoms with Crippen molar-refractivity contribution < 1.29 is 13.7 Å². The van der Waals surface area contributed by atoms with Crippen LogP contribution in [0, 0.1) is 0 Å². The van der Waals surface area contributed by atoms with Crippen LogP contribution in [-0.4, -0.2) is 28.5 Å². The second-order valence-corrected chi connectivity index (χ2v) is 5.91. The van der Waals surface area contributed by atoms with Gasteiger partial charge >= 0.3 is 7.12 Å². The van der Waals surface area contributed by atoms with E-state index in [0.717, 1.165) is 0 Å². The average Bonchev–Trinajstić information content (AvgIpc) is 2.97. The van der Waals surface area contributed by atoms with Crippen molar-refractivity contribution in [2.24, 2.45) is 0 Å². The van der Waals surface area contributed by atoms with Gasteiger partial charge < -0.3 is 13.7 Å². The van der Waals surface area contributed by atoms with Crippen LogP contribution >= 0.6 is 0 Å². The highest BCUT2D eigenvalue weighted by atomic mass is 16.7. The summed E-state index contributed by atoms with van der Waals surface area (Å²) in [5.41, 5.74) is 0.604. The van der Waals surface area contributed by atoms with E-state index >= 15 is 0 Å². The Balaban J connectivity index is 1.83. The number of hydrogen-bond acceptors (Lipinski definition) is 5. The summed E-state index contributed by atoms with van der Waals surface area (Å²) in [5.74, 6) is 0.693. The number of aromatic nitrogens is 2. The van der Waals surface area contributed by atoms with Gasteiger partial charge in [0.1, 0.15) is 5.69 Å². The lowest BCUT2D eigenvalue weighted by atomic mass is 9.84. The molecule has 0 saturated carbocycles. The quantitative estimate of drug-likeness (QED) is 0.783. The normalized spacial score (nSPS) is 20.3. The van der Waals surface area contributed by atoms with Crippen molar-refractivity contribution in [2.75, 3.05) is 0 Å². The molecule has 2 aromatic heterocycles. The Morgan fingerprint density at radius 1 is 0.950 bits per heavy atom. The van der Waals surface area contributed by atoms with E-state index < -0.39 is 7.12 Å². The van der Waals surface area contributed by atoms with Crippen molar-refractivity contribution >= 4 is 12.7 Å². The first-order valence-corrected chi connectivity index (χ1v) is 6.62. The van der Waals surface area contributed by atoms with Gasteiger partial charge in [0.05, 0.1) is 23.1 Å². The van der Waals surface area contributed by atoms with E-state index in [4.69, 9.17) is 13.7 Å². The second kappa shape index (κ2) is 4.43. The summed E-state index contributed by atoms with van der Waals surface area (Å²) in [5, 5.41) is 8.35. The molecular formula is C14H17BN2O3. The molecule has 0 radical (unpaired) electrons. The summed E-state index contributed by atoms with van der Waals surface area (Å²) < 4.78 is 17.2. The smallest absolute Gasteiger partial charge is 0.463 e. The highest BCUT2D eigenvalue weighted by Gasteiger charge is 2.52. The predicted molar refractivity (Wildman–Crippen MR) is 75.5 cm³/mol. The molecule has 0 spiro atoms. The molecule has 20 heavy (non-hydrogen) atoms. The van der Waals surface area contributed by atoms with Gasteiger partial charge in [0.25, 0.3) is 0 Å². The van der Waals surface area contributed by atoms with Crippen LogP contribution in [0.15, 0.2) is 34.9 Å². The van der Waals surface area contributed by atoms with Gasteiger partial charge in [-0.25, -0.2) is 0 Å². The Morgan fingerprint density at radius 3 is 2.15 bits per heavy atom. The Bertz CT molecular complexity index is 577. The molecule has 104 valence electrons. The molecule has 0 unspecified atom stereocenters. The van der Waals surface area contributed by atoms with E-state index in [1.807, 2.05) is 52.0 Å². The molecule has 0 atom stereocenters. The van der Waals surface area contributed by atoms with Crippen LogP contribution < -0.4 is 5.59 Å². The Kier molecular flexibility index (Phi) is 2.95. The minimum atomic E-state index is -0.488. The van der Waals surface area contributed by atoms with Crippen molar-refractivity contribution in [1.29, 1.82) is 0 Å². The zero-order chi connectivity index (χ0) is 14.4. The number of rotatable bonds is 2. The van der Waals surface area contributed by atoms with Crippen LogP contribution in [0.1, 0.15) is 27.7 Å². The Labute approximate surface area is 118 Å². The van der Waals surface area contributed by atoms with E-state index in [0.29, 0.717) is 17.0 Å². The summed E-state index contributed by atoms with van der Waals surface area (Å²) in [7, 11) is -0.488. The molecule has 2 aromatic rings. The minimum absolute atomic E-state index is 0.376. The van der Waals surface area contributed by atoms with Crippen molar-refractivity contribution in [3.8, 4) is 11.5 Å². The summed E-state index contributed by atoms with van der Waals surface area (Å²) in [4.78, 5) is 0. The maximum atomic E-state index is 5.93. The topological polar surface area (TPSA) is 57.4 Å². The SMILES string of the molecule is CC1(C)OB(c2ccc(-c3ccco3)nn2)OC1(C)C. The van der Waals surface area contributed by atoms with Crippen LogP contribution in [0.5, 0.6) is 0 Å². The third-order valence-electron chi connectivity index (χ3n) is 3.95. The van der Waals surface area contributed by atoms with Gasteiger partial charge in [-0.2, -0.15) is 5.10 Å². The lowest BCUT2D eigenvalue weighted by Gasteiger charge is -2.32. The molecule has 0 aliphatic carbocycles. The highest BCUT2D eigenvalue weighted by molar-refractivity contribution is 6.61. The first kappa shape index (κ1) is 13.3. The first-order chi connectivity index (χ1) is 9.39. The molecule has 1 aliphatic rings. The van der Waals surface area contributed by atoms with Crippen LogP contribution in [0.2, 0.25) is 0 Å². The van der Waals surface area contributed by atoms with Crippen molar-refractivity contribution in [3.05, 3.63) is 30.5 Å². The van der Waals surface area contributed by atoms with Crippen LogP contribution in [0.4, 0.5) is 0 Å². The molecule has 1 saturated heterocycles. The number of hydrogen-bond donors (Lipinski definition) is 0. The molecule has 0 N–H and O–H groups in total.